The minimum Gasteiger partial charge on any atom is -0.491 e. The molecule has 122 valence electrons. The zero-order chi connectivity index (χ0) is 15.2. The number of nitrogens with one attached hydrogen (secondary N) is 1. The maximum atomic E-state index is 12.1. The molecule has 1 aromatic carbocycles. The van der Waals surface area contributed by atoms with Crippen LogP contribution >= 0.6 is 12.4 Å². The summed E-state index contributed by atoms with van der Waals surface area (Å²) in [5.41, 5.74) is 6.18. The first-order valence-electron chi connectivity index (χ1n) is 6.84. The monoisotopic (exact) mass is 336 g/mol. The summed E-state index contributed by atoms with van der Waals surface area (Å²) in [6.07, 6.45) is 1.61. The highest BCUT2D eigenvalue weighted by molar-refractivity contribution is 7.89. The lowest BCUT2D eigenvalue weighted by Gasteiger charge is -2.13. The average Bonchev–Trinajstić information content (AvgIpc) is 2.36. The van der Waals surface area contributed by atoms with Crippen LogP contribution in [-0.4, -0.2) is 27.6 Å². The van der Waals surface area contributed by atoms with Gasteiger partial charge in [0.25, 0.3) is 0 Å². The Labute approximate surface area is 133 Å². The van der Waals surface area contributed by atoms with Crippen LogP contribution in [0.25, 0.3) is 0 Å². The maximum absolute atomic E-state index is 12.1. The molecule has 21 heavy (non-hydrogen) atoms. The Hall–Kier alpha value is -0.820. The van der Waals surface area contributed by atoms with E-state index in [-0.39, 0.29) is 23.4 Å². The number of hydrogen-bond donors (Lipinski definition) is 2. The Morgan fingerprint density at radius 1 is 1.29 bits per heavy atom. The summed E-state index contributed by atoms with van der Waals surface area (Å²) < 4.78 is 32.4. The highest BCUT2D eigenvalue weighted by Crippen LogP contribution is 2.22. The fourth-order valence-electron chi connectivity index (χ4n) is 1.73. The lowest BCUT2D eigenvalue weighted by molar-refractivity contribution is 0.240. The molecule has 0 atom stereocenters. The van der Waals surface area contributed by atoms with Crippen molar-refractivity contribution in [1.82, 2.24) is 4.72 Å². The van der Waals surface area contributed by atoms with Gasteiger partial charge in [-0.25, -0.2) is 13.1 Å². The molecule has 1 rings (SSSR count). The Morgan fingerprint density at radius 2 is 1.95 bits per heavy atom. The van der Waals surface area contributed by atoms with Crippen LogP contribution in [0.4, 0.5) is 0 Å². The quantitative estimate of drug-likeness (QED) is 0.713. The normalized spacial score (nSPS) is 11.3. The van der Waals surface area contributed by atoms with Crippen LogP contribution in [0.1, 0.15) is 32.3 Å². The van der Waals surface area contributed by atoms with E-state index in [9.17, 15) is 8.42 Å². The summed E-state index contributed by atoms with van der Waals surface area (Å²) in [7, 11) is -3.45. The SMILES string of the molecule is Cc1cc(S(=O)(=O)NCCCCN)ccc1OC(C)C.Cl. The number of aryl methyl sites for hydroxylation is 1. The van der Waals surface area contributed by atoms with E-state index >= 15 is 0 Å². The Balaban J connectivity index is 0.00000400. The van der Waals surface area contributed by atoms with Crippen LogP contribution < -0.4 is 15.2 Å². The molecular weight excluding hydrogens is 312 g/mol. The van der Waals surface area contributed by atoms with E-state index in [2.05, 4.69) is 4.72 Å². The molecular formula is C14H25ClN2O3S. The van der Waals surface area contributed by atoms with E-state index < -0.39 is 10.0 Å². The minimum atomic E-state index is -3.45. The Morgan fingerprint density at radius 3 is 2.48 bits per heavy atom. The lowest BCUT2D eigenvalue weighted by Crippen LogP contribution is -2.25. The number of nitrogens with two attached hydrogens (primary N) is 1. The molecule has 0 aliphatic rings. The minimum absolute atomic E-state index is 0. The van der Waals surface area contributed by atoms with Crippen molar-refractivity contribution >= 4 is 22.4 Å². The highest BCUT2D eigenvalue weighted by atomic mass is 35.5. The Kier molecular flexibility index (Phi) is 8.89. The van der Waals surface area contributed by atoms with Gasteiger partial charge in [-0.05, 0) is 63.9 Å². The molecule has 0 aliphatic carbocycles. The molecule has 0 aromatic heterocycles. The van der Waals surface area contributed by atoms with Crippen LogP contribution in [-0.2, 0) is 10.0 Å². The van der Waals surface area contributed by atoms with Crippen molar-refractivity contribution < 1.29 is 13.2 Å². The van der Waals surface area contributed by atoms with Gasteiger partial charge in [-0.3, -0.25) is 0 Å². The van der Waals surface area contributed by atoms with Crippen molar-refractivity contribution in [3.05, 3.63) is 23.8 Å². The fraction of sp³-hybridized carbons (Fsp3) is 0.571. The van der Waals surface area contributed by atoms with Crippen molar-refractivity contribution in [2.45, 2.75) is 44.6 Å². The van der Waals surface area contributed by atoms with Crippen LogP contribution in [0.2, 0.25) is 0 Å². The largest absolute Gasteiger partial charge is 0.491 e. The molecule has 0 heterocycles. The summed E-state index contributed by atoms with van der Waals surface area (Å²) in [5.74, 6) is 0.710. The first-order valence-corrected chi connectivity index (χ1v) is 8.32. The summed E-state index contributed by atoms with van der Waals surface area (Å²) in [4.78, 5) is 0.263. The molecule has 3 N–H and O–H groups in total. The van der Waals surface area contributed by atoms with Crippen LogP contribution in [0.3, 0.4) is 0 Å². The zero-order valence-corrected chi connectivity index (χ0v) is 14.4. The van der Waals surface area contributed by atoms with Crippen LogP contribution in [0.5, 0.6) is 5.75 Å². The third-order valence-electron chi connectivity index (χ3n) is 2.74. The molecule has 0 saturated heterocycles. The predicted molar refractivity (Wildman–Crippen MR) is 87.7 cm³/mol. The third-order valence-corrected chi connectivity index (χ3v) is 4.20. The van der Waals surface area contributed by atoms with Gasteiger partial charge in [-0.2, -0.15) is 0 Å². The molecule has 1 aromatic rings. The maximum Gasteiger partial charge on any atom is 0.240 e. The van der Waals surface area contributed by atoms with Crippen molar-refractivity contribution in [3.63, 3.8) is 0 Å². The second-order valence-electron chi connectivity index (χ2n) is 4.99. The summed E-state index contributed by atoms with van der Waals surface area (Å²) >= 11 is 0. The van der Waals surface area contributed by atoms with Crippen molar-refractivity contribution in [3.8, 4) is 5.75 Å². The van der Waals surface area contributed by atoms with E-state index in [4.69, 9.17) is 10.5 Å². The Bertz CT molecular complexity index is 533. The molecule has 0 amide bonds. The van der Waals surface area contributed by atoms with Crippen molar-refractivity contribution in [2.75, 3.05) is 13.1 Å². The van der Waals surface area contributed by atoms with Gasteiger partial charge in [0, 0.05) is 6.54 Å². The number of unbranched alkanes of at least 4 members (excludes halogenated alkanes) is 1. The van der Waals surface area contributed by atoms with E-state index in [1.165, 1.54) is 0 Å². The van der Waals surface area contributed by atoms with E-state index in [1.54, 1.807) is 18.2 Å². The van der Waals surface area contributed by atoms with E-state index in [0.29, 0.717) is 18.8 Å². The molecule has 7 heteroatoms. The van der Waals surface area contributed by atoms with Gasteiger partial charge in [0.1, 0.15) is 5.75 Å². The van der Waals surface area contributed by atoms with Gasteiger partial charge in [-0.15, -0.1) is 12.4 Å². The van der Waals surface area contributed by atoms with Gasteiger partial charge < -0.3 is 10.5 Å². The molecule has 0 radical (unpaired) electrons. The molecule has 0 spiro atoms. The number of benzene rings is 1. The predicted octanol–water partition coefficient (Wildman–Crippen LogP) is 2.22. The van der Waals surface area contributed by atoms with Gasteiger partial charge >= 0.3 is 0 Å². The van der Waals surface area contributed by atoms with Gasteiger partial charge in [0.05, 0.1) is 11.0 Å². The number of hydrogen-bond acceptors (Lipinski definition) is 4. The van der Waals surface area contributed by atoms with Crippen LogP contribution in [0.15, 0.2) is 23.1 Å². The number of ether oxygens (including phenoxy) is 1. The second kappa shape index (κ2) is 9.25. The van der Waals surface area contributed by atoms with E-state index in [1.807, 2.05) is 20.8 Å². The van der Waals surface area contributed by atoms with Gasteiger partial charge in [0.15, 0.2) is 0 Å². The molecule has 0 unspecified atom stereocenters. The van der Waals surface area contributed by atoms with Crippen molar-refractivity contribution in [2.24, 2.45) is 5.73 Å². The van der Waals surface area contributed by atoms with Crippen molar-refractivity contribution in [1.29, 1.82) is 0 Å². The molecule has 5 nitrogen and oxygen atoms in total. The lowest BCUT2D eigenvalue weighted by atomic mass is 10.2. The average molecular weight is 337 g/mol. The number of sulfonamides is 1. The third kappa shape index (κ3) is 6.65. The summed E-state index contributed by atoms with van der Waals surface area (Å²) in [6, 6.07) is 4.89. The zero-order valence-electron chi connectivity index (χ0n) is 12.8. The van der Waals surface area contributed by atoms with Gasteiger partial charge in [0.2, 0.25) is 10.0 Å². The molecule has 0 fully saturated rings. The summed E-state index contributed by atoms with van der Waals surface area (Å²) in [6.45, 7) is 6.68. The topological polar surface area (TPSA) is 81.4 Å². The molecule has 0 bridgehead atoms. The van der Waals surface area contributed by atoms with E-state index in [0.717, 1.165) is 18.4 Å². The molecule has 0 saturated carbocycles. The van der Waals surface area contributed by atoms with Gasteiger partial charge in [-0.1, -0.05) is 0 Å². The second-order valence-corrected chi connectivity index (χ2v) is 6.75. The highest BCUT2D eigenvalue weighted by Gasteiger charge is 2.15. The standard InChI is InChI=1S/C14H24N2O3S.ClH/c1-11(2)19-14-7-6-13(10-12(14)3)20(17,18)16-9-5-4-8-15;/h6-7,10-11,16H,4-5,8-9,15H2,1-3H3;1H. The van der Waals surface area contributed by atoms with Crippen LogP contribution in [0, 0.1) is 6.92 Å². The summed E-state index contributed by atoms with van der Waals surface area (Å²) in [5, 5.41) is 0. The number of halogens is 1. The first-order chi connectivity index (χ1) is 9.36. The molecule has 0 aliphatic heterocycles. The number of rotatable bonds is 8. The first kappa shape index (κ1) is 20.2. The fourth-order valence-corrected chi connectivity index (χ4v) is 2.89. The smallest absolute Gasteiger partial charge is 0.240 e.